The maximum absolute atomic E-state index is 12.8. The maximum Gasteiger partial charge on any atom is 0.419 e. The molecule has 0 aliphatic heterocycles. The van der Waals surface area contributed by atoms with Crippen molar-refractivity contribution in [1.82, 2.24) is 5.43 Å². The Bertz CT molecular complexity index is 804. The number of nitrogens with one attached hydrogen (secondary N) is 1. The van der Waals surface area contributed by atoms with E-state index in [1.165, 1.54) is 25.1 Å². The van der Waals surface area contributed by atoms with Crippen LogP contribution in [0, 0.1) is 6.92 Å². The van der Waals surface area contributed by atoms with E-state index in [0.29, 0.717) is 10.6 Å². The number of aryl methyl sites for hydroxylation is 1. The minimum absolute atomic E-state index is 0.159. The zero-order valence-electron chi connectivity index (χ0n) is 12.4. The number of phenolic OH excluding ortho intramolecular Hbond substituents is 1. The molecule has 1 amide bonds. The molecule has 4 nitrogen and oxygen atoms in total. The van der Waals surface area contributed by atoms with Gasteiger partial charge in [0, 0.05) is 16.1 Å². The number of amides is 1. The highest BCUT2D eigenvalue weighted by atomic mass is 35.5. The number of hydrazone groups is 1. The number of carbonyl (C=O) groups is 1. The minimum Gasteiger partial charge on any atom is -0.507 e. The first-order valence-corrected chi connectivity index (χ1v) is 7.06. The Morgan fingerprint density at radius 3 is 2.62 bits per heavy atom. The predicted molar refractivity (Wildman–Crippen MR) is 84.4 cm³/mol. The van der Waals surface area contributed by atoms with Crippen molar-refractivity contribution >= 4 is 23.7 Å². The molecule has 8 heteroatoms. The third kappa shape index (κ3) is 4.26. The second-order valence-electron chi connectivity index (χ2n) is 4.96. The van der Waals surface area contributed by atoms with Crippen molar-refractivity contribution in [3.63, 3.8) is 0 Å². The quantitative estimate of drug-likeness (QED) is 0.641. The zero-order chi connectivity index (χ0) is 17.9. The lowest BCUT2D eigenvalue weighted by Crippen LogP contribution is -2.17. The number of nitrogens with zero attached hydrogens (tertiary/aromatic N) is 1. The molecular formula is C16H12ClF3N2O2. The summed E-state index contributed by atoms with van der Waals surface area (Å²) in [7, 11) is 0. The standard InChI is InChI=1S/C16H12ClF3N2O2/c1-9-5-11(14(23)13(6-9)16(18,19)20)8-21-22-15(24)10-3-2-4-12(17)7-10/h2-8,23H,1H3,(H,22,24)/b21-8+. The minimum atomic E-state index is -4.69. The molecule has 0 aliphatic rings. The molecule has 0 bridgehead atoms. The molecule has 2 aromatic rings. The van der Waals surface area contributed by atoms with E-state index in [1.54, 1.807) is 12.1 Å². The van der Waals surface area contributed by atoms with Gasteiger partial charge in [0.1, 0.15) is 5.75 Å². The van der Waals surface area contributed by atoms with Gasteiger partial charge < -0.3 is 5.11 Å². The van der Waals surface area contributed by atoms with Gasteiger partial charge in [-0.3, -0.25) is 4.79 Å². The Balaban J connectivity index is 2.21. The molecule has 0 atom stereocenters. The topological polar surface area (TPSA) is 61.7 Å². The van der Waals surface area contributed by atoms with E-state index >= 15 is 0 Å². The maximum atomic E-state index is 12.8. The van der Waals surface area contributed by atoms with Gasteiger partial charge in [-0.1, -0.05) is 17.7 Å². The highest BCUT2D eigenvalue weighted by Crippen LogP contribution is 2.37. The number of alkyl halides is 3. The van der Waals surface area contributed by atoms with Crippen molar-refractivity contribution in [2.24, 2.45) is 5.10 Å². The average molecular weight is 357 g/mol. The Hall–Kier alpha value is -2.54. The van der Waals surface area contributed by atoms with Gasteiger partial charge in [-0.25, -0.2) is 5.43 Å². The Morgan fingerprint density at radius 2 is 2.00 bits per heavy atom. The fourth-order valence-electron chi connectivity index (χ4n) is 1.98. The van der Waals surface area contributed by atoms with Crippen LogP contribution < -0.4 is 5.43 Å². The van der Waals surface area contributed by atoms with E-state index < -0.39 is 23.4 Å². The first-order valence-electron chi connectivity index (χ1n) is 6.68. The molecule has 24 heavy (non-hydrogen) atoms. The normalized spacial score (nSPS) is 11.7. The van der Waals surface area contributed by atoms with Crippen LogP contribution in [0.5, 0.6) is 5.75 Å². The van der Waals surface area contributed by atoms with Gasteiger partial charge in [0.15, 0.2) is 0 Å². The van der Waals surface area contributed by atoms with Crippen LogP contribution in [-0.4, -0.2) is 17.2 Å². The molecule has 0 saturated carbocycles. The van der Waals surface area contributed by atoms with Gasteiger partial charge in [0.25, 0.3) is 5.91 Å². The number of phenols is 1. The van der Waals surface area contributed by atoms with E-state index in [9.17, 15) is 23.1 Å². The van der Waals surface area contributed by atoms with E-state index in [4.69, 9.17) is 11.6 Å². The first-order chi connectivity index (χ1) is 11.2. The molecule has 2 N–H and O–H groups in total. The van der Waals surface area contributed by atoms with Crippen molar-refractivity contribution < 1.29 is 23.1 Å². The fraction of sp³-hybridized carbons (Fsp3) is 0.125. The molecule has 0 aliphatic carbocycles. The van der Waals surface area contributed by atoms with Crippen molar-refractivity contribution in [3.05, 3.63) is 63.7 Å². The van der Waals surface area contributed by atoms with E-state index in [-0.39, 0.29) is 11.1 Å². The number of halogens is 4. The number of aromatic hydroxyl groups is 1. The Kier molecular flexibility index (Phi) is 5.14. The molecule has 2 aromatic carbocycles. The van der Waals surface area contributed by atoms with E-state index in [2.05, 4.69) is 10.5 Å². The van der Waals surface area contributed by atoms with Gasteiger partial charge in [-0.2, -0.15) is 18.3 Å². The van der Waals surface area contributed by atoms with Gasteiger partial charge in [-0.05, 0) is 42.8 Å². The van der Waals surface area contributed by atoms with Crippen molar-refractivity contribution in [2.75, 3.05) is 0 Å². The third-order valence-electron chi connectivity index (χ3n) is 3.05. The summed E-state index contributed by atoms with van der Waals surface area (Å²) in [6.07, 6.45) is -3.75. The number of carbonyl (C=O) groups excluding carboxylic acids is 1. The molecule has 0 fully saturated rings. The summed E-state index contributed by atoms with van der Waals surface area (Å²) in [5.74, 6) is -1.54. The Morgan fingerprint density at radius 1 is 1.29 bits per heavy atom. The first kappa shape index (κ1) is 17.8. The lowest BCUT2D eigenvalue weighted by atomic mass is 10.0. The van der Waals surface area contributed by atoms with Gasteiger partial charge in [-0.15, -0.1) is 0 Å². The molecule has 126 valence electrons. The summed E-state index contributed by atoms with van der Waals surface area (Å²) in [4.78, 5) is 11.8. The highest BCUT2D eigenvalue weighted by Gasteiger charge is 2.34. The van der Waals surface area contributed by atoms with Crippen LogP contribution in [0.4, 0.5) is 13.2 Å². The second-order valence-corrected chi connectivity index (χ2v) is 5.39. The van der Waals surface area contributed by atoms with E-state index in [1.807, 2.05) is 0 Å². The number of hydrogen-bond acceptors (Lipinski definition) is 3. The van der Waals surface area contributed by atoms with Crippen molar-refractivity contribution in [2.45, 2.75) is 13.1 Å². The molecule has 0 spiro atoms. The summed E-state index contributed by atoms with van der Waals surface area (Å²) < 4.78 is 38.5. The van der Waals surface area contributed by atoms with Crippen LogP contribution in [-0.2, 0) is 6.18 Å². The summed E-state index contributed by atoms with van der Waals surface area (Å²) in [6, 6.07) is 8.23. The summed E-state index contributed by atoms with van der Waals surface area (Å²) in [6.45, 7) is 1.45. The number of benzene rings is 2. The third-order valence-corrected chi connectivity index (χ3v) is 3.28. The van der Waals surface area contributed by atoms with E-state index in [0.717, 1.165) is 12.3 Å². The molecule has 0 radical (unpaired) electrons. The van der Waals surface area contributed by atoms with Crippen LogP contribution in [0.1, 0.15) is 27.0 Å². The predicted octanol–water partition coefficient (Wildman–Crippen LogP) is 4.14. The fourth-order valence-corrected chi connectivity index (χ4v) is 2.17. The van der Waals surface area contributed by atoms with Crippen molar-refractivity contribution in [3.8, 4) is 5.75 Å². The molecular weight excluding hydrogens is 345 g/mol. The molecule has 0 saturated heterocycles. The Labute approximate surface area is 140 Å². The lowest BCUT2D eigenvalue weighted by molar-refractivity contribution is -0.138. The van der Waals surface area contributed by atoms with Gasteiger partial charge in [0.05, 0.1) is 11.8 Å². The molecule has 2 rings (SSSR count). The average Bonchev–Trinajstić information content (AvgIpc) is 2.49. The van der Waals surface area contributed by atoms with Crippen LogP contribution in [0.2, 0.25) is 5.02 Å². The van der Waals surface area contributed by atoms with Crippen molar-refractivity contribution in [1.29, 1.82) is 0 Å². The molecule has 0 aromatic heterocycles. The summed E-state index contributed by atoms with van der Waals surface area (Å²) in [5, 5.41) is 13.7. The number of rotatable bonds is 3. The molecule has 0 unspecified atom stereocenters. The van der Waals surface area contributed by atoms with Gasteiger partial charge in [0.2, 0.25) is 0 Å². The van der Waals surface area contributed by atoms with Crippen LogP contribution in [0.15, 0.2) is 41.5 Å². The smallest absolute Gasteiger partial charge is 0.419 e. The largest absolute Gasteiger partial charge is 0.507 e. The number of hydrogen-bond donors (Lipinski definition) is 2. The second kappa shape index (κ2) is 6.92. The molecule has 0 heterocycles. The SMILES string of the molecule is Cc1cc(/C=N/NC(=O)c2cccc(Cl)c2)c(O)c(C(F)(F)F)c1. The zero-order valence-corrected chi connectivity index (χ0v) is 13.1. The van der Waals surface area contributed by atoms with Crippen LogP contribution in [0.3, 0.4) is 0 Å². The summed E-state index contributed by atoms with van der Waals surface area (Å²) >= 11 is 5.76. The summed E-state index contributed by atoms with van der Waals surface area (Å²) in [5.41, 5.74) is 1.37. The lowest BCUT2D eigenvalue weighted by Gasteiger charge is -2.11. The van der Waals surface area contributed by atoms with Crippen LogP contribution >= 0.6 is 11.6 Å². The highest BCUT2D eigenvalue weighted by molar-refractivity contribution is 6.30. The van der Waals surface area contributed by atoms with Gasteiger partial charge >= 0.3 is 6.18 Å². The monoisotopic (exact) mass is 356 g/mol. The van der Waals surface area contributed by atoms with Crippen LogP contribution in [0.25, 0.3) is 0 Å².